The summed E-state index contributed by atoms with van der Waals surface area (Å²) in [5.41, 5.74) is 2.15. The Morgan fingerprint density at radius 2 is 1.85 bits per heavy atom. The topological polar surface area (TPSA) is 9.23 Å². The van der Waals surface area contributed by atoms with Gasteiger partial charge < -0.3 is 4.74 Å². The molecule has 0 aliphatic carbocycles. The first-order valence-corrected chi connectivity index (χ1v) is 7.63. The van der Waals surface area contributed by atoms with E-state index in [0.29, 0.717) is 6.61 Å². The Bertz CT molecular complexity index is 448. The average Bonchev–Trinajstić information content (AvgIpc) is 2.47. The average molecular weight is 335 g/mol. The van der Waals surface area contributed by atoms with Crippen LogP contribution in [0.3, 0.4) is 0 Å². The Labute approximate surface area is 131 Å². The van der Waals surface area contributed by atoms with E-state index in [-0.39, 0.29) is 0 Å². The first-order valence-electron chi connectivity index (χ1n) is 6.51. The van der Waals surface area contributed by atoms with Crippen LogP contribution in [0.25, 0.3) is 0 Å². The van der Waals surface area contributed by atoms with Crippen molar-refractivity contribution in [2.45, 2.75) is 13.8 Å². The summed E-state index contributed by atoms with van der Waals surface area (Å²) in [6, 6.07) is 0. The molecule has 0 amide bonds. The molecule has 0 atom stereocenters. The number of rotatable bonds is 9. The van der Waals surface area contributed by atoms with E-state index in [1.54, 1.807) is 12.2 Å². The summed E-state index contributed by atoms with van der Waals surface area (Å²) >= 11 is 3.49. The first-order chi connectivity index (χ1) is 9.73. The maximum atomic E-state index is 5.88. The molecule has 0 aliphatic heterocycles. The van der Waals surface area contributed by atoms with Crippen molar-refractivity contribution in [3.05, 3.63) is 84.7 Å². The van der Waals surface area contributed by atoms with Crippen molar-refractivity contribution in [1.29, 1.82) is 0 Å². The summed E-state index contributed by atoms with van der Waals surface area (Å²) in [6.07, 6.45) is 17.3. The molecule has 0 aromatic carbocycles. The summed E-state index contributed by atoms with van der Waals surface area (Å²) in [5, 5.41) is 0.750. The van der Waals surface area contributed by atoms with Crippen LogP contribution in [0.4, 0.5) is 0 Å². The van der Waals surface area contributed by atoms with Crippen molar-refractivity contribution >= 4 is 15.9 Å². The van der Waals surface area contributed by atoms with Crippen LogP contribution < -0.4 is 0 Å². The van der Waals surface area contributed by atoms with Gasteiger partial charge in [-0.2, -0.15) is 0 Å². The summed E-state index contributed by atoms with van der Waals surface area (Å²) < 4.78 is 5.88. The number of hydrogen-bond donors (Lipinski definition) is 0. The first kappa shape index (κ1) is 18.5. The van der Waals surface area contributed by atoms with Gasteiger partial charge in [0.2, 0.25) is 0 Å². The molecule has 0 heterocycles. The molecule has 0 aliphatic rings. The predicted molar refractivity (Wildman–Crippen MR) is 94.0 cm³/mol. The van der Waals surface area contributed by atoms with E-state index >= 15 is 0 Å². The van der Waals surface area contributed by atoms with E-state index in [2.05, 4.69) is 29.1 Å². The van der Waals surface area contributed by atoms with Crippen molar-refractivity contribution in [3.63, 3.8) is 0 Å². The molecule has 108 valence electrons. The molecule has 0 saturated heterocycles. The van der Waals surface area contributed by atoms with Crippen molar-refractivity contribution in [1.82, 2.24) is 0 Å². The lowest BCUT2D eigenvalue weighted by atomic mass is 10.2. The Morgan fingerprint density at radius 1 is 1.10 bits per heavy atom. The Kier molecular flexibility index (Phi) is 11.5. The van der Waals surface area contributed by atoms with Gasteiger partial charge in [0.05, 0.1) is 0 Å². The number of ether oxygens (including phenoxy) is 1. The van der Waals surface area contributed by atoms with Gasteiger partial charge in [0.25, 0.3) is 0 Å². The van der Waals surface area contributed by atoms with Crippen LogP contribution in [-0.2, 0) is 4.74 Å². The highest BCUT2D eigenvalue weighted by Crippen LogP contribution is 2.16. The minimum atomic E-state index is 0.496. The second kappa shape index (κ2) is 12.5. The number of hydrogen-bond acceptors (Lipinski definition) is 1. The summed E-state index contributed by atoms with van der Waals surface area (Å²) in [6.45, 7) is 11.8. The maximum absolute atomic E-state index is 5.88. The molecule has 0 bridgehead atoms. The molecule has 0 aromatic rings. The van der Waals surface area contributed by atoms with Crippen LogP contribution in [0.2, 0.25) is 0 Å². The van der Waals surface area contributed by atoms with Crippen LogP contribution in [0.5, 0.6) is 0 Å². The van der Waals surface area contributed by atoms with E-state index < -0.39 is 0 Å². The lowest BCUT2D eigenvalue weighted by molar-refractivity contribution is 0.250. The third-order valence-electron chi connectivity index (χ3n) is 2.39. The van der Waals surface area contributed by atoms with Crippen LogP contribution in [0.1, 0.15) is 13.8 Å². The lowest BCUT2D eigenvalue weighted by Crippen LogP contribution is -2.01. The third-order valence-corrected chi connectivity index (χ3v) is 2.99. The molecule has 0 aromatic heterocycles. The molecule has 20 heavy (non-hydrogen) atoms. The molecule has 0 saturated carbocycles. The highest BCUT2D eigenvalue weighted by atomic mass is 79.9. The van der Waals surface area contributed by atoms with Gasteiger partial charge in [0.1, 0.15) is 12.4 Å². The minimum absolute atomic E-state index is 0.496. The Morgan fingerprint density at radius 3 is 2.35 bits per heavy atom. The second-order valence-electron chi connectivity index (χ2n) is 3.87. The molecular formula is C18H23BrO. The highest BCUT2D eigenvalue weighted by Gasteiger charge is 2.04. The van der Waals surface area contributed by atoms with E-state index in [1.165, 1.54) is 0 Å². The lowest BCUT2D eigenvalue weighted by Gasteiger charge is -2.12. The molecule has 0 rings (SSSR count). The van der Waals surface area contributed by atoms with Crippen molar-refractivity contribution < 1.29 is 4.74 Å². The molecule has 0 radical (unpaired) electrons. The smallest absolute Gasteiger partial charge is 0.119 e. The van der Waals surface area contributed by atoms with Crippen LogP contribution >= 0.6 is 15.9 Å². The minimum Gasteiger partial charge on any atom is -0.489 e. The van der Waals surface area contributed by atoms with Gasteiger partial charge in [0, 0.05) is 10.9 Å². The van der Waals surface area contributed by atoms with Gasteiger partial charge in [-0.15, -0.1) is 0 Å². The van der Waals surface area contributed by atoms with Crippen molar-refractivity contribution in [2.75, 3.05) is 11.9 Å². The fourth-order valence-electron chi connectivity index (χ4n) is 1.42. The van der Waals surface area contributed by atoms with Crippen LogP contribution in [-0.4, -0.2) is 11.9 Å². The van der Waals surface area contributed by atoms with Crippen molar-refractivity contribution in [3.8, 4) is 0 Å². The number of halogens is 1. The summed E-state index contributed by atoms with van der Waals surface area (Å²) in [4.78, 5) is 0. The molecule has 0 unspecified atom stereocenters. The quantitative estimate of drug-likeness (QED) is 0.300. The van der Waals surface area contributed by atoms with Crippen molar-refractivity contribution in [2.24, 2.45) is 0 Å². The van der Waals surface area contributed by atoms with E-state index in [4.69, 9.17) is 4.74 Å². The molecule has 0 spiro atoms. The van der Waals surface area contributed by atoms with Gasteiger partial charge in [-0.1, -0.05) is 77.7 Å². The second-order valence-corrected chi connectivity index (χ2v) is 4.43. The number of allylic oxidation sites excluding steroid dienone is 9. The molecular weight excluding hydrogens is 312 g/mol. The van der Waals surface area contributed by atoms with Gasteiger partial charge in [-0.05, 0) is 25.5 Å². The van der Waals surface area contributed by atoms with Gasteiger partial charge in [-0.3, -0.25) is 0 Å². The normalized spacial score (nSPS) is 14.1. The van der Waals surface area contributed by atoms with E-state index in [1.807, 2.05) is 56.4 Å². The Hall–Kier alpha value is -1.54. The van der Waals surface area contributed by atoms with E-state index in [0.717, 1.165) is 22.2 Å². The maximum Gasteiger partial charge on any atom is 0.119 e. The predicted octanol–water partition coefficient (Wildman–Crippen LogP) is 5.66. The molecule has 0 fully saturated rings. The highest BCUT2D eigenvalue weighted by molar-refractivity contribution is 9.09. The summed E-state index contributed by atoms with van der Waals surface area (Å²) in [5.74, 6) is 0.877. The Balaban J connectivity index is 4.88. The molecule has 0 N–H and O–H groups in total. The van der Waals surface area contributed by atoms with Gasteiger partial charge in [-0.25, -0.2) is 0 Å². The van der Waals surface area contributed by atoms with Crippen LogP contribution in [0.15, 0.2) is 84.7 Å². The van der Waals surface area contributed by atoms with E-state index in [9.17, 15) is 0 Å². The fourth-order valence-corrected chi connectivity index (χ4v) is 1.89. The monoisotopic (exact) mass is 334 g/mol. The molecule has 2 heteroatoms. The van der Waals surface area contributed by atoms with Gasteiger partial charge in [0.15, 0.2) is 0 Å². The zero-order chi connectivity index (χ0) is 15.2. The number of alkyl halides is 1. The van der Waals surface area contributed by atoms with Gasteiger partial charge >= 0.3 is 0 Å². The zero-order valence-corrected chi connectivity index (χ0v) is 13.9. The standard InChI is InChI=1S/C18H23BrO/c1-5-9-12-16(11-7-3)15-20-18(8-4)17(14-19)13-10-6-2/h5-13H,1,3,14-15H2,2,4H3/b10-6-,12-9-,16-11+,17-13-,18-8+. The largest absolute Gasteiger partial charge is 0.489 e. The van der Waals surface area contributed by atoms with Crippen LogP contribution in [0, 0.1) is 0 Å². The third kappa shape index (κ3) is 7.80. The fraction of sp³-hybridized carbons (Fsp3) is 0.222. The summed E-state index contributed by atoms with van der Waals surface area (Å²) in [7, 11) is 0. The molecule has 1 nitrogen and oxygen atoms in total. The SMILES string of the molecule is C=C/C=C\C(=C/C=C)COC(=C/C)/C(=C\C=C/C)CBr. The zero-order valence-electron chi connectivity index (χ0n) is 12.3.